The Labute approximate surface area is 107 Å². The topological polar surface area (TPSA) is 66.6 Å². The lowest BCUT2D eigenvalue weighted by Crippen LogP contribution is -2.48. The summed E-state index contributed by atoms with van der Waals surface area (Å²) in [6.45, 7) is 4.48. The van der Waals surface area contributed by atoms with Gasteiger partial charge in [-0.3, -0.25) is 4.79 Å². The molecule has 0 saturated carbocycles. The number of rotatable bonds is 1. The summed E-state index contributed by atoms with van der Waals surface area (Å²) in [6, 6.07) is 5.41. The lowest BCUT2D eigenvalue weighted by Gasteiger charge is -2.36. The first-order valence-electron chi connectivity index (χ1n) is 6.36. The third kappa shape index (κ3) is 2.34. The molecule has 2 atom stereocenters. The van der Waals surface area contributed by atoms with Crippen LogP contribution in [0.3, 0.4) is 0 Å². The Kier molecular flexibility index (Phi) is 3.57. The molecular weight excluding hydrogens is 228 g/mol. The zero-order valence-corrected chi connectivity index (χ0v) is 10.9. The van der Waals surface area contributed by atoms with Crippen LogP contribution in [0, 0.1) is 6.92 Å². The highest BCUT2D eigenvalue weighted by Crippen LogP contribution is 2.24. The van der Waals surface area contributed by atoms with E-state index in [0.29, 0.717) is 17.7 Å². The lowest BCUT2D eigenvalue weighted by atomic mass is 9.97. The number of hydrogen-bond acceptors (Lipinski definition) is 3. The molecule has 4 heteroatoms. The van der Waals surface area contributed by atoms with Gasteiger partial charge in [0, 0.05) is 29.8 Å². The average molecular weight is 248 g/mol. The molecule has 2 rings (SSSR count). The highest BCUT2D eigenvalue weighted by atomic mass is 16.3. The van der Waals surface area contributed by atoms with Crippen molar-refractivity contribution < 1.29 is 9.90 Å². The van der Waals surface area contributed by atoms with Crippen molar-refractivity contribution in [1.29, 1.82) is 0 Å². The molecule has 3 N–H and O–H groups in total. The van der Waals surface area contributed by atoms with E-state index in [9.17, 15) is 9.90 Å². The number of benzene rings is 1. The fourth-order valence-corrected chi connectivity index (χ4v) is 2.52. The molecular formula is C14H20N2O2. The maximum Gasteiger partial charge on any atom is 0.254 e. The first-order chi connectivity index (χ1) is 8.50. The first-order valence-corrected chi connectivity index (χ1v) is 6.36. The second kappa shape index (κ2) is 4.98. The minimum absolute atomic E-state index is 0.0113. The largest absolute Gasteiger partial charge is 0.508 e. The predicted molar refractivity (Wildman–Crippen MR) is 70.6 cm³/mol. The van der Waals surface area contributed by atoms with Gasteiger partial charge in [-0.15, -0.1) is 0 Å². The van der Waals surface area contributed by atoms with Crippen LogP contribution in [0.25, 0.3) is 0 Å². The van der Waals surface area contributed by atoms with E-state index in [1.807, 2.05) is 11.8 Å². The van der Waals surface area contributed by atoms with E-state index in [2.05, 4.69) is 0 Å². The van der Waals surface area contributed by atoms with Crippen LogP contribution in [0.5, 0.6) is 5.75 Å². The number of hydrogen-bond donors (Lipinski definition) is 2. The van der Waals surface area contributed by atoms with E-state index >= 15 is 0 Å². The second-order valence-electron chi connectivity index (χ2n) is 5.08. The van der Waals surface area contributed by atoms with Gasteiger partial charge in [-0.2, -0.15) is 0 Å². The first kappa shape index (κ1) is 12.9. The molecule has 1 amide bonds. The van der Waals surface area contributed by atoms with Gasteiger partial charge < -0.3 is 15.7 Å². The number of carbonyl (C=O) groups is 1. The number of carbonyl (C=O) groups excluding carboxylic acids is 1. The van der Waals surface area contributed by atoms with Gasteiger partial charge >= 0.3 is 0 Å². The minimum atomic E-state index is -0.0113. The molecule has 0 aromatic heterocycles. The number of piperidine rings is 1. The van der Waals surface area contributed by atoms with E-state index in [-0.39, 0.29) is 23.7 Å². The molecule has 1 saturated heterocycles. The van der Waals surface area contributed by atoms with Crippen molar-refractivity contribution in [2.24, 2.45) is 5.73 Å². The molecule has 0 bridgehead atoms. The molecule has 1 aromatic carbocycles. The molecule has 18 heavy (non-hydrogen) atoms. The van der Waals surface area contributed by atoms with Crippen LogP contribution >= 0.6 is 0 Å². The molecule has 0 radical (unpaired) electrons. The van der Waals surface area contributed by atoms with Crippen LogP contribution in [0.2, 0.25) is 0 Å². The summed E-state index contributed by atoms with van der Waals surface area (Å²) in [5, 5.41) is 9.66. The van der Waals surface area contributed by atoms with Crippen molar-refractivity contribution in [2.75, 3.05) is 6.54 Å². The van der Waals surface area contributed by atoms with Gasteiger partial charge in [0.25, 0.3) is 5.91 Å². The number of phenolic OH excluding ortho intramolecular Hbond substituents is 1. The number of likely N-dealkylation sites (tertiary alicyclic amines) is 1. The van der Waals surface area contributed by atoms with E-state index < -0.39 is 0 Å². The summed E-state index contributed by atoms with van der Waals surface area (Å²) in [7, 11) is 0. The monoisotopic (exact) mass is 248 g/mol. The van der Waals surface area contributed by atoms with Crippen LogP contribution in [0.4, 0.5) is 0 Å². The van der Waals surface area contributed by atoms with E-state index in [4.69, 9.17) is 5.73 Å². The normalized spacial score (nSPS) is 24.1. The fraction of sp³-hybridized carbons (Fsp3) is 0.500. The maximum atomic E-state index is 12.5. The van der Waals surface area contributed by atoms with Gasteiger partial charge in [-0.05, 0) is 38.8 Å². The van der Waals surface area contributed by atoms with Crippen molar-refractivity contribution in [1.82, 2.24) is 4.90 Å². The van der Waals surface area contributed by atoms with Crippen LogP contribution in [0.1, 0.15) is 35.7 Å². The summed E-state index contributed by atoms with van der Waals surface area (Å²) in [5.74, 6) is 0.157. The summed E-state index contributed by atoms with van der Waals surface area (Å²) in [4.78, 5) is 14.3. The molecule has 0 spiro atoms. The van der Waals surface area contributed by atoms with Gasteiger partial charge in [-0.1, -0.05) is 6.07 Å². The zero-order chi connectivity index (χ0) is 13.3. The van der Waals surface area contributed by atoms with Crippen LogP contribution in [-0.2, 0) is 0 Å². The van der Waals surface area contributed by atoms with Gasteiger partial charge in [0.1, 0.15) is 5.75 Å². The standard InChI is InChI=1S/C14H20N2O2/c1-9-8-11(15)6-7-16(9)14(18)12-4-3-5-13(17)10(12)2/h3-5,9,11,17H,6-8,15H2,1-2H3. The molecule has 1 heterocycles. The van der Waals surface area contributed by atoms with Gasteiger partial charge in [0.2, 0.25) is 0 Å². The van der Waals surface area contributed by atoms with E-state index in [0.717, 1.165) is 12.8 Å². The Bertz CT molecular complexity index is 459. The Balaban J connectivity index is 2.23. The summed E-state index contributed by atoms with van der Waals surface area (Å²) < 4.78 is 0. The smallest absolute Gasteiger partial charge is 0.254 e. The SMILES string of the molecule is Cc1c(O)cccc1C(=O)N1CCC(N)CC1C. The van der Waals surface area contributed by atoms with Gasteiger partial charge in [0.05, 0.1) is 0 Å². The minimum Gasteiger partial charge on any atom is -0.508 e. The van der Waals surface area contributed by atoms with Crippen LogP contribution < -0.4 is 5.73 Å². The highest BCUT2D eigenvalue weighted by molar-refractivity contribution is 5.96. The molecule has 2 unspecified atom stereocenters. The number of nitrogens with two attached hydrogens (primary N) is 1. The number of amides is 1. The van der Waals surface area contributed by atoms with E-state index in [1.54, 1.807) is 25.1 Å². The van der Waals surface area contributed by atoms with Gasteiger partial charge in [-0.25, -0.2) is 0 Å². The molecule has 1 aliphatic rings. The summed E-state index contributed by atoms with van der Waals surface area (Å²) in [5.41, 5.74) is 7.13. The van der Waals surface area contributed by atoms with Crippen molar-refractivity contribution in [3.8, 4) is 5.75 Å². The van der Waals surface area contributed by atoms with Crippen LogP contribution in [0.15, 0.2) is 18.2 Å². The molecule has 98 valence electrons. The Morgan fingerprint density at radius 1 is 1.50 bits per heavy atom. The Morgan fingerprint density at radius 3 is 2.89 bits per heavy atom. The highest BCUT2D eigenvalue weighted by Gasteiger charge is 2.28. The third-order valence-corrected chi connectivity index (χ3v) is 3.71. The fourth-order valence-electron chi connectivity index (χ4n) is 2.52. The molecule has 1 fully saturated rings. The Hall–Kier alpha value is -1.55. The summed E-state index contributed by atoms with van der Waals surface area (Å²) in [6.07, 6.45) is 1.68. The van der Waals surface area contributed by atoms with Crippen molar-refractivity contribution in [3.63, 3.8) is 0 Å². The third-order valence-electron chi connectivity index (χ3n) is 3.71. The zero-order valence-electron chi connectivity index (χ0n) is 10.9. The van der Waals surface area contributed by atoms with Crippen LogP contribution in [-0.4, -0.2) is 34.5 Å². The lowest BCUT2D eigenvalue weighted by molar-refractivity contribution is 0.0618. The number of aromatic hydroxyl groups is 1. The number of phenols is 1. The van der Waals surface area contributed by atoms with Crippen molar-refractivity contribution in [3.05, 3.63) is 29.3 Å². The molecule has 1 aliphatic heterocycles. The number of nitrogens with zero attached hydrogens (tertiary/aromatic N) is 1. The predicted octanol–water partition coefficient (Wildman–Crippen LogP) is 1.65. The van der Waals surface area contributed by atoms with Crippen molar-refractivity contribution >= 4 is 5.91 Å². The van der Waals surface area contributed by atoms with Gasteiger partial charge in [0.15, 0.2) is 0 Å². The quantitative estimate of drug-likeness (QED) is 0.794. The second-order valence-corrected chi connectivity index (χ2v) is 5.08. The average Bonchev–Trinajstić information content (AvgIpc) is 2.32. The Morgan fingerprint density at radius 2 is 2.22 bits per heavy atom. The van der Waals surface area contributed by atoms with Crippen molar-refractivity contribution in [2.45, 2.75) is 38.8 Å². The van der Waals surface area contributed by atoms with E-state index in [1.165, 1.54) is 0 Å². The molecule has 4 nitrogen and oxygen atoms in total. The molecule has 0 aliphatic carbocycles. The summed E-state index contributed by atoms with van der Waals surface area (Å²) >= 11 is 0. The molecule has 1 aromatic rings. The maximum absolute atomic E-state index is 12.5.